The maximum Gasteiger partial charge on any atom is 0.345 e. The van der Waals surface area contributed by atoms with Gasteiger partial charge in [-0.25, -0.2) is 9.59 Å². The molecule has 0 saturated carbocycles. The van der Waals surface area contributed by atoms with Crippen molar-refractivity contribution < 1.29 is 23.5 Å². The van der Waals surface area contributed by atoms with E-state index in [0.717, 1.165) is 12.8 Å². The van der Waals surface area contributed by atoms with Gasteiger partial charge in [0, 0.05) is 0 Å². The monoisotopic (exact) mass is 292 g/mol. The maximum absolute atomic E-state index is 11.8. The number of carbonyl (C=O) groups is 2. The maximum atomic E-state index is 11.8. The first kappa shape index (κ1) is 16.8. The van der Waals surface area contributed by atoms with E-state index in [9.17, 15) is 9.59 Å². The molecule has 0 atom stereocenters. The smallest absolute Gasteiger partial charge is 0.345 e. The van der Waals surface area contributed by atoms with Crippen LogP contribution in [0.4, 0.5) is 0 Å². The van der Waals surface area contributed by atoms with E-state index >= 15 is 0 Å². The molecule has 0 radical (unpaired) electrons. The molecule has 0 spiro atoms. The van der Waals surface area contributed by atoms with Crippen LogP contribution in [0.2, 0.25) is 0 Å². The molecule has 0 aliphatic carbocycles. The first-order chi connectivity index (χ1) is 10.1. The normalized spacial score (nSPS) is 10.4. The van der Waals surface area contributed by atoms with Crippen molar-refractivity contribution in [3.63, 3.8) is 0 Å². The summed E-state index contributed by atoms with van der Waals surface area (Å²) in [7, 11) is 2.47. The summed E-state index contributed by atoms with van der Waals surface area (Å²) in [5, 5.41) is 0. The second-order valence-corrected chi connectivity index (χ2v) is 4.34. The van der Waals surface area contributed by atoms with E-state index in [1.54, 1.807) is 30.5 Å². The number of furan rings is 1. The van der Waals surface area contributed by atoms with Crippen LogP contribution in [0, 0.1) is 0 Å². The first-order valence-electron chi connectivity index (χ1n) is 6.75. The Hall–Kier alpha value is -2.30. The average molecular weight is 292 g/mol. The van der Waals surface area contributed by atoms with Crippen LogP contribution in [0.25, 0.3) is 6.08 Å². The second kappa shape index (κ2) is 8.79. The predicted octanol–water partition coefficient (Wildman–Crippen LogP) is 3.13. The minimum Gasteiger partial charge on any atom is -0.465 e. The number of esters is 2. The van der Waals surface area contributed by atoms with Crippen LogP contribution in [0.1, 0.15) is 31.9 Å². The molecule has 0 saturated heterocycles. The summed E-state index contributed by atoms with van der Waals surface area (Å²) in [6.45, 7) is 2.03. The highest BCUT2D eigenvalue weighted by Gasteiger charge is 2.23. The van der Waals surface area contributed by atoms with Crippen LogP contribution in [0.3, 0.4) is 0 Å². The van der Waals surface area contributed by atoms with Crippen molar-refractivity contribution in [3.05, 3.63) is 41.4 Å². The molecule has 1 aromatic heterocycles. The number of carbonyl (C=O) groups excluding carboxylic acids is 2. The van der Waals surface area contributed by atoms with Gasteiger partial charge in [0.25, 0.3) is 0 Å². The third-order valence-corrected chi connectivity index (χ3v) is 2.89. The summed E-state index contributed by atoms with van der Waals surface area (Å²) < 4.78 is 14.6. The Morgan fingerprint density at radius 1 is 1.24 bits per heavy atom. The van der Waals surface area contributed by atoms with Gasteiger partial charge in [0.05, 0.1) is 20.5 Å². The summed E-state index contributed by atoms with van der Waals surface area (Å²) in [5.74, 6) is -0.757. The molecule has 1 aromatic rings. The molecule has 0 fully saturated rings. The summed E-state index contributed by atoms with van der Waals surface area (Å²) in [6, 6.07) is 3.54. The molecule has 0 bridgehead atoms. The van der Waals surface area contributed by atoms with E-state index in [2.05, 4.69) is 9.47 Å². The third kappa shape index (κ3) is 4.95. The molecular formula is C16H20O5. The fourth-order valence-electron chi connectivity index (χ4n) is 1.78. The largest absolute Gasteiger partial charge is 0.465 e. The standard InChI is InChI=1S/C16H20O5/c1-4-5-7-12(9-10-13-8-6-11-21-13)14(15(17)19-2)16(18)20-3/h6,8-11H,4-5,7H2,1-3H3/b10-9+. The van der Waals surface area contributed by atoms with Crippen LogP contribution in [0.5, 0.6) is 0 Å². The third-order valence-electron chi connectivity index (χ3n) is 2.89. The molecule has 21 heavy (non-hydrogen) atoms. The van der Waals surface area contributed by atoms with Crippen LogP contribution in [-0.2, 0) is 19.1 Å². The minimum atomic E-state index is -0.697. The highest BCUT2D eigenvalue weighted by atomic mass is 16.5. The predicted molar refractivity (Wildman–Crippen MR) is 78.3 cm³/mol. The van der Waals surface area contributed by atoms with Gasteiger partial charge < -0.3 is 13.9 Å². The minimum absolute atomic E-state index is 0.0729. The fraction of sp³-hybridized carbons (Fsp3) is 0.375. The van der Waals surface area contributed by atoms with Crippen molar-refractivity contribution in [1.82, 2.24) is 0 Å². The lowest BCUT2D eigenvalue weighted by Crippen LogP contribution is -2.18. The van der Waals surface area contributed by atoms with E-state index in [1.165, 1.54) is 14.2 Å². The van der Waals surface area contributed by atoms with Crippen molar-refractivity contribution in [2.75, 3.05) is 14.2 Å². The average Bonchev–Trinajstić information content (AvgIpc) is 3.02. The lowest BCUT2D eigenvalue weighted by molar-refractivity contribution is -0.144. The molecule has 0 unspecified atom stereocenters. The van der Waals surface area contributed by atoms with Crippen molar-refractivity contribution in [2.45, 2.75) is 26.2 Å². The summed E-state index contributed by atoms with van der Waals surface area (Å²) in [5.41, 5.74) is 0.503. The fourth-order valence-corrected chi connectivity index (χ4v) is 1.78. The molecule has 1 rings (SSSR count). The van der Waals surface area contributed by atoms with Gasteiger partial charge in [0.1, 0.15) is 11.3 Å². The van der Waals surface area contributed by atoms with Crippen molar-refractivity contribution in [1.29, 1.82) is 0 Å². The number of unbranched alkanes of at least 4 members (excludes halogenated alkanes) is 1. The SMILES string of the molecule is CCCCC(/C=C/c1ccco1)=C(C(=O)OC)C(=O)OC. The van der Waals surface area contributed by atoms with E-state index in [0.29, 0.717) is 17.8 Å². The van der Waals surface area contributed by atoms with Gasteiger partial charge in [0.15, 0.2) is 0 Å². The van der Waals surface area contributed by atoms with Crippen LogP contribution in [-0.4, -0.2) is 26.2 Å². The quantitative estimate of drug-likeness (QED) is 0.254. The number of ether oxygens (including phenoxy) is 2. The van der Waals surface area contributed by atoms with Crippen molar-refractivity contribution in [2.24, 2.45) is 0 Å². The Morgan fingerprint density at radius 2 is 1.90 bits per heavy atom. The summed E-state index contributed by atoms with van der Waals surface area (Å²) >= 11 is 0. The molecule has 5 nitrogen and oxygen atoms in total. The molecule has 0 aromatic carbocycles. The van der Waals surface area contributed by atoms with E-state index in [4.69, 9.17) is 4.42 Å². The molecule has 0 amide bonds. The number of hydrogen-bond donors (Lipinski definition) is 0. The van der Waals surface area contributed by atoms with Gasteiger partial charge in [-0.05, 0) is 36.6 Å². The Morgan fingerprint density at radius 3 is 2.38 bits per heavy atom. The zero-order valence-electron chi connectivity index (χ0n) is 12.5. The van der Waals surface area contributed by atoms with Crippen LogP contribution in [0.15, 0.2) is 40.0 Å². The van der Waals surface area contributed by atoms with Gasteiger partial charge in [-0.3, -0.25) is 0 Å². The Labute approximate surface area is 124 Å². The molecule has 1 heterocycles. The first-order valence-corrected chi connectivity index (χ1v) is 6.75. The lowest BCUT2D eigenvalue weighted by Gasteiger charge is -2.09. The second-order valence-electron chi connectivity index (χ2n) is 4.34. The van der Waals surface area contributed by atoms with E-state index in [-0.39, 0.29) is 5.57 Å². The topological polar surface area (TPSA) is 65.7 Å². The van der Waals surface area contributed by atoms with Crippen molar-refractivity contribution >= 4 is 18.0 Å². The number of allylic oxidation sites excluding steroid dienone is 2. The van der Waals surface area contributed by atoms with Crippen LogP contribution >= 0.6 is 0 Å². The van der Waals surface area contributed by atoms with Gasteiger partial charge in [-0.1, -0.05) is 19.4 Å². The van der Waals surface area contributed by atoms with Crippen LogP contribution < -0.4 is 0 Å². The molecule has 0 aliphatic heterocycles. The lowest BCUT2D eigenvalue weighted by atomic mass is 10.0. The van der Waals surface area contributed by atoms with Gasteiger partial charge >= 0.3 is 11.9 Å². The number of hydrogen-bond acceptors (Lipinski definition) is 5. The van der Waals surface area contributed by atoms with Crippen molar-refractivity contribution in [3.8, 4) is 0 Å². The molecule has 0 N–H and O–H groups in total. The van der Waals surface area contributed by atoms with Gasteiger partial charge in [-0.2, -0.15) is 0 Å². The van der Waals surface area contributed by atoms with E-state index < -0.39 is 11.9 Å². The molecular weight excluding hydrogens is 272 g/mol. The Kier molecular flexibility index (Phi) is 7.01. The Bertz CT molecular complexity index is 505. The number of methoxy groups -OCH3 is 2. The summed E-state index contributed by atoms with van der Waals surface area (Å²) in [6.07, 6.45) is 7.31. The zero-order chi connectivity index (χ0) is 15.7. The highest BCUT2D eigenvalue weighted by Crippen LogP contribution is 2.19. The van der Waals surface area contributed by atoms with Gasteiger partial charge in [0.2, 0.25) is 0 Å². The Balaban J connectivity index is 3.18. The highest BCUT2D eigenvalue weighted by molar-refractivity contribution is 6.15. The molecule has 5 heteroatoms. The molecule has 0 aliphatic rings. The van der Waals surface area contributed by atoms with Gasteiger partial charge in [-0.15, -0.1) is 0 Å². The zero-order valence-corrected chi connectivity index (χ0v) is 12.5. The summed E-state index contributed by atoms with van der Waals surface area (Å²) in [4.78, 5) is 23.7. The molecule has 114 valence electrons. The number of rotatable bonds is 7. The van der Waals surface area contributed by atoms with E-state index in [1.807, 2.05) is 6.92 Å².